The molecule has 0 amide bonds. The molecule has 4 nitrogen and oxygen atoms in total. The SMILES string of the molecule is Cc1cc(-c2ccnn2C)nc(Cl)n1. The van der Waals surface area contributed by atoms with E-state index in [1.165, 1.54) is 0 Å². The van der Waals surface area contributed by atoms with Crippen molar-refractivity contribution in [3.8, 4) is 11.4 Å². The minimum Gasteiger partial charge on any atom is -0.266 e. The molecule has 0 aliphatic carbocycles. The lowest BCUT2D eigenvalue weighted by Crippen LogP contribution is -1.97. The van der Waals surface area contributed by atoms with Crippen molar-refractivity contribution in [2.24, 2.45) is 7.05 Å². The molecular weight excluding hydrogens is 200 g/mol. The first-order valence-corrected chi connectivity index (χ1v) is 4.54. The van der Waals surface area contributed by atoms with Gasteiger partial charge in [0.1, 0.15) is 0 Å². The van der Waals surface area contributed by atoms with E-state index in [4.69, 9.17) is 11.6 Å². The van der Waals surface area contributed by atoms with Crippen LogP contribution in [0.2, 0.25) is 5.28 Å². The van der Waals surface area contributed by atoms with Crippen LogP contribution in [0.1, 0.15) is 5.69 Å². The Balaban J connectivity index is 2.57. The highest BCUT2D eigenvalue weighted by Crippen LogP contribution is 2.17. The topological polar surface area (TPSA) is 43.6 Å². The van der Waals surface area contributed by atoms with Crippen molar-refractivity contribution in [3.63, 3.8) is 0 Å². The molecule has 5 heteroatoms. The Hall–Kier alpha value is -1.42. The number of rotatable bonds is 1. The van der Waals surface area contributed by atoms with E-state index >= 15 is 0 Å². The highest BCUT2D eigenvalue weighted by atomic mass is 35.5. The molecule has 0 fully saturated rings. The summed E-state index contributed by atoms with van der Waals surface area (Å²) in [6.45, 7) is 1.88. The Morgan fingerprint density at radius 3 is 2.71 bits per heavy atom. The van der Waals surface area contributed by atoms with Crippen molar-refractivity contribution in [2.75, 3.05) is 0 Å². The van der Waals surface area contributed by atoms with Crippen LogP contribution in [0.15, 0.2) is 18.3 Å². The zero-order valence-corrected chi connectivity index (χ0v) is 8.65. The Morgan fingerprint density at radius 1 is 1.36 bits per heavy atom. The number of halogens is 1. The lowest BCUT2D eigenvalue weighted by atomic mass is 10.2. The zero-order valence-electron chi connectivity index (χ0n) is 7.90. The Labute approximate surface area is 86.6 Å². The lowest BCUT2D eigenvalue weighted by molar-refractivity contribution is 0.772. The molecule has 2 rings (SSSR count). The minimum absolute atomic E-state index is 0.265. The second-order valence-electron chi connectivity index (χ2n) is 3.00. The highest BCUT2D eigenvalue weighted by molar-refractivity contribution is 6.28. The molecule has 0 aliphatic heterocycles. The molecule has 2 aromatic heterocycles. The van der Waals surface area contributed by atoms with E-state index < -0.39 is 0 Å². The third-order valence-corrected chi connectivity index (χ3v) is 2.08. The second-order valence-corrected chi connectivity index (χ2v) is 3.34. The summed E-state index contributed by atoms with van der Waals surface area (Å²) in [7, 11) is 1.86. The van der Waals surface area contributed by atoms with E-state index in [-0.39, 0.29) is 5.28 Å². The van der Waals surface area contributed by atoms with Gasteiger partial charge in [-0.25, -0.2) is 9.97 Å². The molecule has 0 saturated heterocycles. The molecule has 2 aromatic rings. The summed E-state index contributed by atoms with van der Waals surface area (Å²) in [6, 6.07) is 3.76. The normalized spacial score (nSPS) is 10.5. The van der Waals surface area contributed by atoms with Gasteiger partial charge in [0.25, 0.3) is 0 Å². The van der Waals surface area contributed by atoms with Gasteiger partial charge in [-0.3, -0.25) is 4.68 Å². The number of aryl methyl sites for hydroxylation is 2. The van der Waals surface area contributed by atoms with Gasteiger partial charge in [0.2, 0.25) is 5.28 Å². The van der Waals surface area contributed by atoms with Crippen molar-refractivity contribution >= 4 is 11.6 Å². The fraction of sp³-hybridized carbons (Fsp3) is 0.222. The summed E-state index contributed by atoms with van der Waals surface area (Å²) in [6.07, 6.45) is 1.72. The fourth-order valence-electron chi connectivity index (χ4n) is 1.29. The molecule has 0 saturated carbocycles. The molecule has 72 valence electrons. The van der Waals surface area contributed by atoms with Crippen LogP contribution in [0.5, 0.6) is 0 Å². The summed E-state index contributed by atoms with van der Waals surface area (Å²) in [5.41, 5.74) is 2.57. The molecule has 0 bridgehead atoms. The number of nitrogens with zero attached hydrogens (tertiary/aromatic N) is 4. The summed E-state index contributed by atoms with van der Waals surface area (Å²) < 4.78 is 1.75. The van der Waals surface area contributed by atoms with E-state index in [2.05, 4.69) is 15.1 Å². The average Bonchev–Trinajstić information content (AvgIpc) is 2.49. The van der Waals surface area contributed by atoms with Crippen molar-refractivity contribution in [2.45, 2.75) is 6.92 Å². The van der Waals surface area contributed by atoms with E-state index in [9.17, 15) is 0 Å². The van der Waals surface area contributed by atoms with Crippen LogP contribution < -0.4 is 0 Å². The van der Waals surface area contributed by atoms with Crippen LogP contribution in [0.3, 0.4) is 0 Å². The zero-order chi connectivity index (χ0) is 10.1. The monoisotopic (exact) mass is 208 g/mol. The average molecular weight is 209 g/mol. The molecule has 0 aliphatic rings. The molecule has 0 aromatic carbocycles. The first-order chi connectivity index (χ1) is 6.66. The van der Waals surface area contributed by atoms with Crippen LogP contribution in [0, 0.1) is 6.92 Å². The van der Waals surface area contributed by atoms with Crippen LogP contribution in [-0.2, 0) is 7.05 Å². The van der Waals surface area contributed by atoms with Gasteiger partial charge in [0, 0.05) is 18.9 Å². The van der Waals surface area contributed by atoms with Crippen LogP contribution in [0.25, 0.3) is 11.4 Å². The molecular formula is C9H9ClN4. The van der Waals surface area contributed by atoms with Gasteiger partial charge in [0.05, 0.1) is 11.4 Å². The maximum atomic E-state index is 5.77. The smallest absolute Gasteiger partial charge is 0.223 e. The first kappa shape index (κ1) is 9.15. The quantitative estimate of drug-likeness (QED) is 0.672. The van der Waals surface area contributed by atoms with Gasteiger partial charge in [-0.15, -0.1) is 0 Å². The third-order valence-electron chi connectivity index (χ3n) is 1.91. The Morgan fingerprint density at radius 2 is 2.14 bits per heavy atom. The molecule has 0 unspecified atom stereocenters. The molecule has 2 heterocycles. The Bertz CT molecular complexity index is 443. The largest absolute Gasteiger partial charge is 0.266 e. The molecule has 0 atom stereocenters. The number of aromatic nitrogens is 4. The second kappa shape index (κ2) is 3.38. The van der Waals surface area contributed by atoms with Gasteiger partial charge >= 0.3 is 0 Å². The lowest BCUT2D eigenvalue weighted by Gasteiger charge is -2.02. The predicted molar refractivity (Wildman–Crippen MR) is 54.0 cm³/mol. The van der Waals surface area contributed by atoms with E-state index in [1.807, 2.05) is 26.1 Å². The molecule has 14 heavy (non-hydrogen) atoms. The van der Waals surface area contributed by atoms with Crippen molar-refractivity contribution in [3.05, 3.63) is 29.3 Å². The molecule has 0 radical (unpaired) electrons. The van der Waals surface area contributed by atoms with Gasteiger partial charge in [0.15, 0.2) is 0 Å². The molecule has 0 spiro atoms. The summed E-state index contributed by atoms with van der Waals surface area (Å²) >= 11 is 5.77. The van der Waals surface area contributed by atoms with E-state index in [0.29, 0.717) is 0 Å². The van der Waals surface area contributed by atoms with E-state index in [1.54, 1.807) is 10.9 Å². The summed E-state index contributed by atoms with van der Waals surface area (Å²) in [4.78, 5) is 8.13. The Kier molecular flexibility index (Phi) is 2.21. The van der Waals surface area contributed by atoms with Crippen LogP contribution in [0.4, 0.5) is 0 Å². The minimum atomic E-state index is 0.265. The van der Waals surface area contributed by atoms with Gasteiger partial charge in [-0.1, -0.05) is 0 Å². The number of hydrogen-bond acceptors (Lipinski definition) is 3. The van der Waals surface area contributed by atoms with Gasteiger partial charge < -0.3 is 0 Å². The highest BCUT2D eigenvalue weighted by Gasteiger charge is 2.06. The fourth-order valence-corrected chi connectivity index (χ4v) is 1.51. The predicted octanol–water partition coefficient (Wildman–Crippen LogP) is 1.84. The number of hydrogen-bond donors (Lipinski definition) is 0. The summed E-state index contributed by atoms with van der Waals surface area (Å²) in [5, 5.41) is 4.33. The maximum absolute atomic E-state index is 5.77. The van der Waals surface area contributed by atoms with Crippen molar-refractivity contribution in [1.82, 2.24) is 19.7 Å². The van der Waals surface area contributed by atoms with E-state index in [0.717, 1.165) is 17.1 Å². The maximum Gasteiger partial charge on any atom is 0.223 e. The first-order valence-electron chi connectivity index (χ1n) is 4.16. The van der Waals surface area contributed by atoms with Gasteiger partial charge in [-0.05, 0) is 30.7 Å². The standard InChI is InChI=1S/C9H9ClN4/c1-6-5-7(13-9(10)12-6)8-3-4-11-14(8)2/h3-5H,1-2H3. The van der Waals surface area contributed by atoms with Gasteiger partial charge in [-0.2, -0.15) is 5.10 Å². The van der Waals surface area contributed by atoms with Crippen molar-refractivity contribution < 1.29 is 0 Å². The van der Waals surface area contributed by atoms with Crippen LogP contribution in [-0.4, -0.2) is 19.7 Å². The summed E-state index contributed by atoms with van der Waals surface area (Å²) in [5.74, 6) is 0. The third kappa shape index (κ3) is 1.61. The molecule has 0 N–H and O–H groups in total. The van der Waals surface area contributed by atoms with Crippen molar-refractivity contribution in [1.29, 1.82) is 0 Å². The van der Waals surface area contributed by atoms with Crippen LogP contribution >= 0.6 is 11.6 Å².